The highest BCUT2D eigenvalue weighted by atomic mass is 35.5. The molecule has 4 rings (SSSR count). The second-order valence-electron chi connectivity index (χ2n) is 7.25. The Bertz CT molecular complexity index is 753. The first-order valence-electron chi connectivity index (χ1n) is 9.71. The van der Waals surface area contributed by atoms with E-state index in [-0.39, 0.29) is 42.8 Å². The molecule has 2 aliphatic heterocycles. The predicted molar refractivity (Wildman–Crippen MR) is 122 cm³/mol. The number of benzene rings is 1. The summed E-state index contributed by atoms with van der Waals surface area (Å²) in [5, 5.41) is 8.70. The molecule has 0 aliphatic carbocycles. The highest BCUT2D eigenvalue weighted by molar-refractivity contribution is 7.10. The van der Waals surface area contributed by atoms with Crippen molar-refractivity contribution in [2.45, 2.75) is 31.5 Å². The molecule has 2 atom stereocenters. The zero-order valence-electron chi connectivity index (χ0n) is 16.3. The van der Waals surface area contributed by atoms with Gasteiger partial charge in [0.1, 0.15) is 0 Å². The van der Waals surface area contributed by atoms with Crippen LogP contribution < -0.4 is 10.6 Å². The number of nitrogens with zero attached hydrogens (tertiary/aromatic N) is 1. The van der Waals surface area contributed by atoms with Gasteiger partial charge in [-0.1, -0.05) is 30.3 Å². The second kappa shape index (κ2) is 11.9. The number of ether oxygens (including phenoxy) is 1. The van der Waals surface area contributed by atoms with Crippen molar-refractivity contribution < 1.29 is 9.53 Å². The van der Waals surface area contributed by atoms with Gasteiger partial charge in [0, 0.05) is 43.5 Å². The van der Waals surface area contributed by atoms with Crippen molar-refractivity contribution in [1.29, 1.82) is 0 Å². The number of carbonyl (C=O) groups is 1. The van der Waals surface area contributed by atoms with Gasteiger partial charge in [-0.25, -0.2) is 0 Å². The highest BCUT2D eigenvalue weighted by Crippen LogP contribution is 2.30. The van der Waals surface area contributed by atoms with Gasteiger partial charge in [0.15, 0.2) is 0 Å². The van der Waals surface area contributed by atoms with E-state index in [0.717, 1.165) is 32.7 Å². The molecule has 5 nitrogen and oxygen atoms in total. The lowest BCUT2D eigenvalue weighted by molar-refractivity contribution is -0.122. The summed E-state index contributed by atoms with van der Waals surface area (Å²) >= 11 is 1.86. The van der Waals surface area contributed by atoms with Gasteiger partial charge in [0.05, 0.1) is 19.3 Å². The molecule has 2 unspecified atom stereocenters. The number of morpholine rings is 1. The van der Waals surface area contributed by atoms with Crippen LogP contribution in [0.25, 0.3) is 0 Å². The van der Waals surface area contributed by atoms with Gasteiger partial charge >= 0.3 is 0 Å². The van der Waals surface area contributed by atoms with Gasteiger partial charge in [0.2, 0.25) is 5.91 Å². The molecule has 0 radical (unpaired) electrons. The molecular weight excluding hydrogens is 429 g/mol. The fourth-order valence-electron chi connectivity index (χ4n) is 3.93. The minimum Gasteiger partial charge on any atom is -0.378 e. The van der Waals surface area contributed by atoms with Crippen LogP contribution in [0.5, 0.6) is 0 Å². The third-order valence-electron chi connectivity index (χ3n) is 5.39. The minimum atomic E-state index is 0. The molecule has 160 valence electrons. The topological polar surface area (TPSA) is 53.6 Å². The second-order valence-corrected chi connectivity index (χ2v) is 8.25. The maximum atomic E-state index is 12.5. The van der Waals surface area contributed by atoms with Gasteiger partial charge in [-0.2, -0.15) is 0 Å². The number of carbonyl (C=O) groups excluding carboxylic acids is 1. The third-order valence-corrected chi connectivity index (χ3v) is 6.41. The van der Waals surface area contributed by atoms with Gasteiger partial charge in [-0.05, 0) is 29.0 Å². The van der Waals surface area contributed by atoms with Gasteiger partial charge in [0.25, 0.3) is 0 Å². The van der Waals surface area contributed by atoms with Crippen molar-refractivity contribution >= 4 is 42.1 Å². The van der Waals surface area contributed by atoms with Crippen LogP contribution in [0.3, 0.4) is 0 Å². The summed E-state index contributed by atoms with van der Waals surface area (Å²) in [6.45, 7) is 4.78. The Hall–Kier alpha value is -1.15. The van der Waals surface area contributed by atoms with Crippen molar-refractivity contribution in [3.05, 3.63) is 57.8 Å². The Kier molecular flexibility index (Phi) is 9.89. The fourth-order valence-corrected chi connectivity index (χ4v) is 4.82. The fraction of sp³-hybridized carbons (Fsp3) is 0.476. The lowest BCUT2D eigenvalue weighted by Crippen LogP contribution is -2.45. The molecule has 1 fully saturated rings. The van der Waals surface area contributed by atoms with Crippen LogP contribution in [-0.2, 0) is 22.5 Å². The summed E-state index contributed by atoms with van der Waals surface area (Å²) in [5.41, 5.74) is 2.69. The number of halogens is 2. The van der Waals surface area contributed by atoms with Crippen LogP contribution in [0.1, 0.15) is 28.5 Å². The smallest absolute Gasteiger partial charge is 0.221 e. The number of hydrogen-bond donors (Lipinski definition) is 2. The van der Waals surface area contributed by atoms with Crippen molar-refractivity contribution in [2.24, 2.45) is 0 Å². The SMILES string of the molecule is Cl.Cl.O=C(CC1COCCN1)NCC(c1ccccc1)N1CCc2sccc2C1. The standard InChI is InChI=1S/C21H27N3O2S.2ClH/c25-21(12-18-15-26-10-8-22-18)23-13-19(16-4-2-1-3-5-16)24-9-6-20-17(14-24)7-11-27-20;;/h1-5,7,11,18-19,22H,6,8-10,12-15H2,(H,23,25);2*1H. The maximum absolute atomic E-state index is 12.5. The number of rotatable bonds is 6. The van der Waals surface area contributed by atoms with Gasteiger partial charge in [-0.3, -0.25) is 9.69 Å². The van der Waals surface area contributed by atoms with E-state index < -0.39 is 0 Å². The van der Waals surface area contributed by atoms with E-state index in [9.17, 15) is 4.79 Å². The van der Waals surface area contributed by atoms with Crippen molar-refractivity contribution in [3.8, 4) is 0 Å². The summed E-state index contributed by atoms with van der Waals surface area (Å²) < 4.78 is 5.45. The van der Waals surface area contributed by atoms with Crippen LogP contribution in [0.2, 0.25) is 0 Å². The molecule has 0 spiro atoms. The third kappa shape index (κ3) is 6.41. The molecule has 1 saturated heterocycles. The van der Waals surface area contributed by atoms with Crippen molar-refractivity contribution in [3.63, 3.8) is 0 Å². The molecule has 1 aromatic carbocycles. The zero-order chi connectivity index (χ0) is 18.5. The largest absolute Gasteiger partial charge is 0.378 e. The van der Waals surface area contributed by atoms with E-state index in [0.29, 0.717) is 19.6 Å². The first-order valence-corrected chi connectivity index (χ1v) is 10.6. The van der Waals surface area contributed by atoms with E-state index in [1.54, 1.807) is 0 Å². The van der Waals surface area contributed by atoms with Crippen molar-refractivity contribution in [1.82, 2.24) is 15.5 Å². The number of thiophene rings is 1. The van der Waals surface area contributed by atoms with E-state index in [4.69, 9.17) is 4.74 Å². The Morgan fingerprint density at radius 2 is 2.10 bits per heavy atom. The van der Waals surface area contributed by atoms with Crippen molar-refractivity contribution in [2.75, 3.05) is 32.8 Å². The molecule has 1 amide bonds. The molecule has 1 aromatic heterocycles. The molecule has 2 aliphatic rings. The van der Waals surface area contributed by atoms with Gasteiger partial charge < -0.3 is 15.4 Å². The number of hydrogen-bond acceptors (Lipinski definition) is 5. The van der Waals surface area contributed by atoms with Crippen LogP contribution in [0, 0.1) is 0 Å². The molecule has 0 saturated carbocycles. The average Bonchev–Trinajstić information content (AvgIpc) is 3.18. The number of nitrogens with one attached hydrogen (secondary N) is 2. The molecule has 3 heterocycles. The summed E-state index contributed by atoms with van der Waals surface area (Å²) in [6.07, 6.45) is 1.56. The Labute approximate surface area is 189 Å². The Morgan fingerprint density at radius 1 is 1.28 bits per heavy atom. The molecule has 2 N–H and O–H groups in total. The first-order chi connectivity index (χ1) is 13.3. The summed E-state index contributed by atoms with van der Waals surface area (Å²) in [4.78, 5) is 16.5. The Balaban J connectivity index is 0.00000150. The normalized spacial score (nSPS) is 19.9. The molecule has 29 heavy (non-hydrogen) atoms. The summed E-state index contributed by atoms with van der Waals surface area (Å²) in [5.74, 6) is 0.0900. The summed E-state index contributed by atoms with van der Waals surface area (Å²) in [7, 11) is 0. The first kappa shape index (κ1) is 24.1. The van der Waals surface area contributed by atoms with E-state index in [1.165, 1.54) is 16.0 Å². The van der Waals surface area contributed by atoms with E-state index in [2.05, 4.69) is 51.2 Å². The van der Waals surface area contributed by atoms with Crippen LogP contribution in [0.15, 0.2) is 41.8 Å². The lowest BCUT2D eigenvalue weighted by Gasteiger charge is -2.35. The Morgan fingerprint density at radius 3 is 2.86 bits per heavy atom. The molecular formula is C21H29Cl2N3O2S. The van der Waals surface area contributed by atoms with E-state index >= 15 is 0 Å². The lowest BCUT2D eigenvalue weighted by atomic mass is 10.0. The average molecular weight is 458 g/mol. The van der Waals surface area contributed by atoms with Crippen LogP contribution in [-0.4, -0.2) is 49.7 Å². The monoisotopic (exact) mass is 457 g/mol. The number of amides is 1. The highest BCUT2D eigenvalue weighted by Gasteiger charge is 2.26. The van der Waals surface area contributed by atoms with Crippen LogP contribution in [0.4, 0.5) is 0 Å². The molecule has 8 heteroatoms. The number of fused-ring (bicyclic) bond motifs is 1. The maximum Gasteiger partial charge on any atom is 0.221 e. The summed E-state index contributed by atoms with van der Waals surface area (Å²) in [6, 6.07) is 13.1. The van der Waals surface area contributed by atoms with Crippen LogP contribution >= 0.6 is 36.2 Å². The quantitative estimate of drug-likeness (QED) is 0.699. The molecule has 2 aromatic rings. The molecule has 0 bridgehead atoms. The minimum absolute atomic E-state index is 0. The predicted octanol–water partition coefficient (Wildman–Crippen LogP) is 3.19. The van der Waals surface area contributed by atoms with Gasteiger partial charge in [-0.15, -0.1) is 36.2 Å². The van der Waals surface area contributed by atoms with E-state index in [1.807, 2.05) is 17.4 Å². The zero-order valence-corrected chi connectivity index (χ0v) is 18.8.